The molecule has 2 unspecified atom stereocenters. The number of fused-ring (bicyclic) bond motifs is 4. The van der Waals surface area contributed by atoms with Gasteiger partial charge in [-0.05, 0) is 41.8 Å². The monoisotopic (exact) mass is 309 g/mol. The maximum Gasteiger partial charge on any atom is 0.231 e. The Labute approximate surface area is 135 Å². The lowest BCUT2D eigenvalue weighted by Crippen LogP contribution is -2.38. The van der Waals surface area contributed by atoms with Gasteiger partial charge in [0.25, 0.3) is 0 Å². The first-order chi connectivity index (χ1) is 11.3. The average Bonchev–Trinajstić information content (AvgIpc) is 3.05. The van der Waals surface area contributed by atoms with E-state index in [2.05, 4.69) is 42.3 Å². The predicted octanol–water partition coefficient (Wildman–Crippen LogP) is 3.31. The van der Waals surface area contributed by atoms with Gasteiger partial charge in [0.05, 0.1) is 6.04 Å². The molecule has 118 valence electrons. The molecule has 0 saturated carbocycles. The Morgan fingerprint density at radius 2 is 2.09 bits per heavy atom. The van der Waals surface area contributed by atoms with Crippen LogP contribution in [0.1, 0.15) is 28.8 Å². The molecule has 2 aromatic carbocycles. The van der Waals surface area contributed by atoms with Crippen molar-refractivity contribution in [1.82, 2.24) is 4.90 Å². The summed E-state index contributed by atoms with van der Waals surface area (Å²) in [5.41, 5.74) is 6.37. The Hall–Kier alpha value is -2.04. The Morgan fingerprint density at radius 1 is 1.22 bits per heavy atom. The summed E-state index contributed by atoms with van der Waals surface area (Å²) >= 11 is 0. The highest BCUT2D eigenvalue weighted by Crippen LogP contribution is 2.57. The fourth-order valence-electron chi connectivity index (χ4n) is 4.36. The molecule has 2 aromatic rings. The number of hydrogen-bond acceptors (Lipinski definition) is 4. The lowest BCUT2D eigenvalue weighted by Gasteiger charge is -2.44. The van der Waals surface area contributed by atoms with Crippen molar-refractivity contribution in [3.8, 4) is 22.6 Å². The Kier molecular flexibility index (Phi) is 2.75. The molecule has 0 radical (unpaired) electrons. The summed E-state index contributed by atoms with van der Waals surface area (Å²) in [5, 5.41) is 0. The quantitative estimate of drug-likeness (QED) is 0.808. The van der Waals surface area contributed by atoms with Crippen LogP contribution in [0.5, 0.6) is 11.5 Å². The molecule has 0 amide bonds. The average molecular weight is 309 g/mol. The Morgan fingerprint density at radius 3 is 2.96 bits per heavy atom. The predicted molar refractivity (Wildman–Crippen MR) is 86.8 cm³/mol. The van der Waals surface area contributed by atoms with E-state index < -0.39 is 0 Å². The lowest BCUT2D eigenvalue weighted by molar-refractivity contribution is 0.0155. The highest BCUT2D eigenvalue weighted by atomic mass is 16.7. The summed E-state index contributed by atoms with van der Waals surface area (Å²) in [5.74, 6) is 1.78. The zero-order valence-corrected chi connectivity index (χ0v) is 13.3. The fraction of sp³-hybridized carbons (Fsp3) is 0.368. The summed E-state index contributed by atoms with van der Waals surface area (Å²) < 4.78 is 17.5. The van der Waals surface area contributed by atoms with Gasteiger partial charge in [-0.15, -0.1) is 0 Å². The van der Waals surface area contributed by atoms with Gasteiger partial charge < -0.3 is 14.2 Å². The highest BCUT2D eigenvalue weighted by Gasteiger charge is 2.42. The first-order valence-electron chi connectivity index (χ1n) is 8.07. The van der Waals surface area contributed by atoms with Gasteiger partial charge in [0.1, 0.15) is 6.10 Å². The molecule has 0 saturated heterocycles. The van der Waals surface area contributed by atoms with Crippen LogP contribution in [0.4, 0.5) is 0 Å². The summed E-state index contributed by atoms with van der Waals surface area (Å²) in [4.78, 5) is 2.40. The topological polar surface area (TPSA) is 30.9 Å². The first-order valence-corrected chi connectivity index (χ1v) is 8.07. The van der Waals surface area contributed by atoms with E-state index in [1.54, 1.807) is 0 Å². The molecular formula is C19H19NO3. The normalized spacial score (nSPS) is 24.3. The number of likely N-dealkylation sites (N-methyl/N-ethyl adjacent to an activating group) is 1. The van der Waals surface area contributed by atoms with Crippen molar-refractivity contribution in [2.75, 3.05) is 27.5 Å². The standard InChI is InChI=1S/C19H19NO3/c1-20-8-7-11-9-14-19(23-10-22-14)16-12-5-3-4-6-13(12)18(21-2)17(20)15(11)16/h3-6,9,17-18H,7-8,10H2,1-2H3. The van der Waals surface area contributed by atoms with E-state index in [9.17, 15) is 0 Å². The number of nitrogens with zero attached hydrogens (tertiary/aromatic N) is 1. The molecule has 1 aliphatic carbocycles. The van der Waals surface area contributed by atoms with Crippen molar-refractivity contribution < 1.29 is 14.2 Å². The smallest absolute Gasteiger partial charge is 0.231 e. The third-order valence-electron chi connectivity index (χ3n) is 5.37. The van der Waals surface area contributed by atoms with Crippen LogP contribution in [0.3, 0.4) is 0 Å². The maximum atomic E-state index is 5.94. The van der Waals surface area contributed by atoms with Crippen LogP contribution >= 0.6 is 0 Å². The van der Waals surface area contributed by atoms with E-state index in [0.29, 0.717) is 6.79 Å². The second-order valence-corrected chi connectivity index (χ2v) is 6.48. The molecule has 0 bridgehead atoms. The van der Waals surface area contributed by atoms with E-state index in [4.69, 9.17) is 14.2 Å². The molecule has 4 nitrogen and oxygen atoms in total. The summed E-state index contributed by atoms with van der Waals surface area (Å²) in [6.07, 6.45) is 1.08. The SMILES string of the molecule is COC1c2ccccc2-c2c3c(cc4c2C1N(C)CC4)OCO3. The second-order valence-electron chi connectivity index (χ2n) is 6.48. The summed E-state index contributed by atoms with van der Waals surface area (Å²) in [7, 11) is 3.99. The van der Waals surface area contributed by atoms with Gasteiger partial charge in [-0.3, -0.25) is 4.90 Å². The van der Waals surface area contributed by atoms with Crippen LogP contribution in [0, 0.1) is 0 Å². The number of hydrogen-bond donors (Lipinski definition) is 0. The van der Waals surface area contributed by atoms with E-state index in [1.165, 1.54) is 27.8 Å². The first kappa shape index (κ1) is 13.4. The molecule has 2 atom stereocenters. The molecule has 2 aliphatic heterocycles. The molecule has 3 aliphatic rings. The Balaban J connectivity index is 1.89. The van der Waals surface area contributed by atoms with Gasteiger partial charge in [-0.25, -0.2) is 0 Å². The van der Waals surface area contributed by atoms with Gasteiger partial charge in [0.15, 0.2) is 11.5 Å². The van der Waals surface area contributed by atoms with Gasteiger partial charge in [-0.2, -0.15) is 0 Å². The number of methoxy groups -OCH3 is 1. The third-order valence-corrected chi connectivity index (χ3v) is 5.37. The molecule has 0 spiro atoms. The van der Waals surface area contributed by atoms with Gasteiger partial charge in [-0.1, -0.05) is 24.3 Å². The maximum absolute atomic E-state index is 5.94. The van der Waals surface area contributed by atoms with Crippen molar-refractivity contribution >= 4 is 0 Å². The van der Waals surface area contributed by atoms with Crippen LogP contribution in [-0.2, 0) is 11.2 Å². The highest BCUT2D eigenvalue weighted by molar-refractivity contribution is 5.84. The van der Waals surface area contributed by atoms with Crippen molar-refractivity contribution in [2.24, 2.45) is 0 Å². The molecule has 5 rings (SSSR count). The van der Waals surface area contributed by atoms with E-state index in [-0.39, 0.29) is 12.1 Å². The molecule has 4 heteroatoms. The third kappa shape index (κ3) is 1.68. The van der Waals surface area contributed by atoms with Gasteiger partial charge in [0, 0.05) is 19.2 Å². The minimum absolute atomic E-state index is 0.0446. The minimum Gasteiger partial charge on any atom is -0.454 e. The number of rotatable bonds is 1. The second kappa shape index (κ2) is 4.73. The molecule has 2 heterocycles. The minimum atomic E-state index is 0.0446. The van der Waals surface area contributed by atoms with Crippen LogP contribution in [0.15, 0.2) is 30.3 Å². The summed E-state index contributed by atoms with van der Waals surface area (Å²) in [6, 6.07) is 10.9. The van der Waals surface area contributed by atoms with Crippen molar-refractivity contribution in [1.29, 1.82) is 0 Å². The molecule has 23 heavy (non-hydrogen) atoms. The molecular weight excluding hydrogens is 290 g/mol. The van der Waals surface area contributed by atoms with Crippen molar-refractivity contribution in [3.63, 3.8) is 0 Å². The van der Waals surface area contributed by atoms with Crippen molar-refractivity contribution in [3.05, 3.63) is 47.0 Å². The van der Waals surface area contributed by atoms with E-state index >= 15 is 0 Å². The van der Waals surface area contributed by atoms with Gasteiger partial charge in [0.2, 0.25) is 6.79 Å². The molecule has 0 fully saturated rings. The lowest BCUT2D eigenvalue weighted by atomic mass is 9.75. The van der Waals surface area contributed by atoms with Crippen LogP contribution < -0.4 is 9.47 Å². The largest absolute Gasteiger partial charge is 0.454 e. The fourth-order valence-corrected chi connectivity index (χ4v) is 4.36. The summed E-state index contributed by atoms with van der Waals surface area (Å²) in [6.45, 7) is 1.33. The molecule has 0 N–H and O–H groups in total. The van der Waals surface area contributed by atoms with Crippen LogP contribution in [0.2, 0.25) is 0 Å². The zero-order chi connectivity index (χ0) is 15.6. The van der Waals surface area contributed by atoms with E-state index in [0.717, 1.165) is 24.5 Å². The van der Waals surface area contributed by atoms with Crippen LogP contribution in [0.25, 0.3) is 11.1 Å². The number of benzene rings is 2. The molecule has 0 aromatic heterocycles. The van der Waals surface area contributed by atoms with E-state index in [1.807, 2.05) is 7.11 Å². The van der Waals surface area contributed by atoms with Crippen molar-refractivity contribution in [2.45, 2.75) is 18.6 Å². The number of ether oxygens (including phenoxy) is 3. The Bertz CT molecular complexity index is 801. The van der Waals surface area contributed by atoms with Crippen LogP contribution in [-0.4, -0.2) is 32.4 Å². The van der Waals surface area contributed by atoms with Gasteiger partial charge >= 0.3 is 0 Å². The zero-order valence-electron chi connectivity index (χ0n) is 13.3.